The fourth-order valence-corrected chi connectivity index (χ4v) is 2.96. The van der Waals surface area contributed by atoms with Gasteiger partial charge in [-0.25, -0.2) is 4.98 Å². The van der Waals surface area contributed by atoms with E-state index in [9.17, 15) is 0 Å². The second kappa shape index (κ2) is 5.85. The van der Waals surface area contributed by atoms with Gasteiger partial charge < -0.3 is 4.57 Å². The lowest BCUT2D eigenvalue weighted by Crippen LogP contribution is -2.00. The maximum absolute atomic E-state index is 4.46. The average molecular weight is 268 g/mol. The molecular formula is C16H16N2S. The van der Waals surface area contributed by atoms with Gasteiger partial charge in [0.1, 0.15) is 5.82 Å². The van der Waals surface area contributed by atoms with Gasteiger partial charge in [-0.2, -0.15) is 0 Å². The monoisotopic (exact) mass is 268 g/mol. The molecule has 0 radical (unpaired) electrons. The number of imidazole rings is 1. The minimum absolute atomic E-state index is 1.02. The van der Waals surface area contributed by atoms with Crippen LogP contribution in [0.4, 0.5) is 0 Å². The smallest absolute Gasteiger partial charge is 0.149 e. The zero-order valence-electron chi connectivity index (χ0n) is 10.7. The normalized spacial score (nSPS) is 10.7. The molecule has 2 aromatic heterocycles. The maximum Gasteiger partial charge on any atom is 0.149 e. The SMILES string of the molecule is c1ccc(CCCn2ccnc2-c2cccs2)cc1. The highest BCUT2D eigenvalue weighted by atomic mass is 32.1. The van der Waals surface area contributed by atoms with Crippen molar-refractivity contribution in [1.82, 2.24) is 9.55 Å². The molecule has 2 nitrogen and oxygen atoms in total. The largest absolute Gasteiger partial charge is 0.330 e. The summed E-state index contributed by atoms with van der Waals surface area (Å²) >= 11 is 1.74. The zero-order chi connectivity index (χ0) is 12.9. The van der Waals surface area contributed by atoms with E-state index in [0.29, 0.717) is 0 Å². The Balaban J connectivity index is 1.64. The predicted octanol–water partition coefficient (Wildman–Crippen LogP) is 4.24. The zero-order valence-corrected chi connectivity index (χ0v) is 11.5. The summed E-state index contributed by atoms with van der Waals surface area (Å²) in [5, 5.41) is 2.10. The molecule has 0 saturated carbocycles. The van der Waals surface area contributed by atoms with Gasteiger partial charge in [-0.15, -0.1) is 11.3 Å². The molecule has 0 amide bonds. The molecule has 2 heterocycles. The first kappa shape index (κ1) is 12.2. The number of benzene rings is 1. The second-order valence-corrected chi connectivity index (χ2v) is 5.46. The molecule has 19 heavy (non-hydrogen) atoms. The minimum atomic E-state index is 1.02. The molecule has 0 spiro atoms. The molecule has 96 valence electrons. The number of thiophene rings is 1. The summed E-state index contributed by atoms with van der Waals surface area (Å²) in [6.45, 7) is 1.02. The van der Waals surface area contributed by atoms with Crippen molar-refractivity contribution in [3.63, 3.8) is 0 Å². The Morgan fingerprint density at radius 3 is 2.74 bits per heavy atom. The van der Waals surface area contributed by atoms with E-state index < -0.39 is 0 Å². The summed E-state index contributed by atoms with van der Waals surface area (Å²) in [6.07, 6.45) is 6.21. The summed E-state index contributed by atoms with van der Waals surface area (Å²) in [7, 11) is 0. The van der Waals surface area contributed by atoms with Crippen LogP contribution in [0.1, 0.15) is 12.0 Å². The highest BCUT2D eigenvalue weighted by Crippen LogP contribution is 2.23. The van der Waals surface area contributed by atoms with Gasteiger partial charge in [-0.3, -0.25) is 0 Å². The molecule has 0 fully saturated rings. The van der Waals surface area contributed by atoms with Gasteiger partial charge in [0.15, 0.2) is 0 Å². The first-order chi connectivity index (χ1) is 9.43. The molecular weight excluding hydrogens is 252 g/mol. The molecule has 0 aliphatic carbocycles. The Kier molecular flexibility index (Phi) is 3.75. The number of hydrogen-bond acceptors (Lipinski definition) is 2. The van der Waals surface area contributed by atoms with Crippen LogP contribution in [0, 0.1) is 0 Å². The Labute approximate surface area is 117 Å². The van der Waals surface area contributed by atoms with Crippen LogP contribution in [-0.2, 0) is 13.0 Å². The van der Waals surface area contributed by atoms with E-state index in [1.807, 2.05) is 6.20 Å². The van der Waals surface area contributed by atoms with Gasteiger partial charge in [-0.1, -0.05) is 36.4 Å². The lowest BCUT2D eigenvalue weighted by molar-refractivity contribution is 0.648. The lowest BCUT2D eigenvalue weighted by atomic mass is 10.1. The van der Waals surface area contributed by atoms with Crippen LogP contribution < -0.4 is 0 Å². The minimum Gasteiger partial charge on any atom is -0.330 e. The molecule has 1 aromatic carbocycles. The van der Waals surface area contributed by atoms with Crippen LogP contribution in [0.15, 0.2) is 60.2 Å². The fraction of sp³-hybridized carbons (Fsp3) is 0.188. The van der Waals surface area contributed by atoms with E-state index >= 15 is 0 Å². The molecule has 0 atom stereocenters. The van der Waals surface area contributed by atoms with Crippen LogP contribution in [0.5, 0.6) is 0 Å². The van der Waals surface area contributed by atoms with Crippen LogP contribution in [-0.4, -0.2) is 9.55 Å². The Morgan fingerprint density at radius 1 is 1.05 bits per heavy atom. The number of aryl methyl sites for hydroxylation is 2. The third kappa shape index (κ3) is 2.93. The van der Waals surface area contributed by atoms with E-state index in [1.54, 1.807) is 11.3 Å². The van der Waals surface area contributed by atoms with Crippen LogP contribution in [0.2, 0.25) is 0 Å². The highest BCUT2D eigenvalue weighted by Gasteiger charge is 2.06. The van der Waals surface area contributed by atoms with Gasteiger partial charge in [-0.05, 0) is 29.9 Å². The molecule has 3 heteroatoms. The molecule has 0 N–H and O–H groups in total. The van der Waals surface area contributed by atoms with Crippen LogP contribution in [0.25, 0.3) is 10.7 Å². The first-order valence-electron chi connectivity index (χ1n) is 6.52. The molecule has 0 bridgehead atoms. The van der Waals surface area contributed by atoms with E-state index in [1.165, 1.54) is 10.4 Å². The van der Waals surface area contributed by atoms with Crippen molar-refractivity contribution in [1.29, 1.82) is 0 Å². The summed E-state index contributed by atoms with van der Waals surface area (Å²) in [5.41, 5.74) is 1.40. The lowest BCUT2D eigenvalue weighted by Gasteiger charge is -2.06. The summed E-state index contributed by atoms with van der Waals surface area (Å²) in [6, 6.07) is 14.8. The van der Waals surface area contributed by atoms with Crippen molar-refractivity contribution in [2.24, 2.45) is 0 Å². The van der Waals surface area contributed by atoms with Gasteiger partial charge in [0.2, 0.25) is 0 Å². The highest BCUT2D eigenvalue weighted by molar-refractivity contribution is 7.13. The van der Waals surface area contributed by atoms with Crippen molar-refractivity contribution in [2.45, 2.75) is 19.4 Å². The van der Waals surface area contributed by atoms with Gasteiger partial charge in [0, 0.05) is 18.9 Å². The van der Waals surface area contributed by atoms with Gasteiger partial charge in [0.05, 0.1) is 4.88 Å². The molecule has 0 unspecified atom stereocenters. The number of rotatable bonds is 5. The summed E-state index contributed by atoms with van der Waals surface area (Å²) in [5.74, 6) is 1.09. The average Bonchev–Trinajstić information content (AvgIpc) is 3.10. The van der Waals surface area contributed by atoms with E-state index in [-0.39, 0.29) is 0 Å². The molecule has 3 aromatic rings. The van der Waals surface area contributed by atoms with E-state index in [4.69, 9.17) is 0 Å². The summed E-state index contributed by atoms with van der Waals surface area (Å²) in [4.78, 5) is 5.70. The van der Waals surface area contributed by atoms with Crippen molar-refractivity contribution >= 4 is 11.3 Å². The Bertz CT molecular complexity index is 611. The Morgan fingerprint density at radius 2 is 1.95 bits per heavy atom. The van der Waals surface area contributed by atoms with Crippen LogP contribution >= 0.6 is 11.3 Å². The first-order valence-corrected chi connectivity index (χ1v) is 7.40. The third-order valence-electron chi connectivity index (χ3n) is 3.16. The Hall–Kier alpha value is -1.87. The molecule has 0 saturated heterocycles. The predicted molar refractivity (Wildman–Crippen MR) is 80.3 cm³/mol. The third-order valence-corrected chi connectivity index (χ3v) is 4.03. The van der Waals surface area contributed by atoms with Gasteiger partial charge in [0.25, 0.3) is 0 Å². The quantitative estimate of drug-likeness (QED) is 0.676. The number of hydrogen-bond donors (Lipinski definition) is 0. The summed E-state index contributed by atoms with van der Waals surface area (Å²) < 4.78 is 2.24. The fourth-order valence-electron chi connectivity index (χ4n) is 2.22. The van der Waals surface area contributed by atoms with E-state index in [2.05, 4.69) is 63.6 Å². The molecule has 3 rings (SSSR count). The number of aromatic nitrogens is 2. The number of nitrogens with zero attached hydrogens (tertiary/aromatic N) is 2. The van der Waals surface area contributed by atoms with Gasteiger partial charge >= 0.3 is 0 Å². The van der Waals surface area contributed by atoms with Crippen molar-refractivity contribution in [3.05, 3.63) is 65.8 Å². The van der Waals surface area contributed by atoms with Crippen molar-refractivity contribution in [3.8, 4) is 10.7 Å². The maximum atomic E-state index is 4.46. The topological polar surface area (TPSA) is 17.8 Å². The standard InChI is InChI=1S/C16H16N2S/c1-2-6-14(7-3-1)8-4-11-18-12-10-17-16(18)15-9-5-13-19-15/h1-3,5-7,9-10,12-13H,4,8,11H2. The van der Waals surface area contributed by atoms with E-state index in [0.717, 1.165) is 25.2 Å². The molecule has 0 aliphatic heterocycles. The second-order valence-electron chi connectivity index (χ2n) is 4.51. The van der Waals surface area contributed by atoms with Crippen LogP contribution in [0.3, 0.4) is 0 Å². The van der Waals surface area contributed by atoms with Crippen molar-refractivity contribution in [2.75, 3.05) is 0 Å². The molecule has 0 aliphatic rings. The van der Waals surface area contributed by atoms with Crippen molar-refractivity contribution < 1.29 is 0 Å².